The van der Waals surface area contributed by atoms with Crippen LogP contribution in [-0.4, -0.2) is 19.0 Å². The highest BCUT2D eigenvalue weighted by molar-refractivity contribution is 5.16. The Morgan fingerprint density at radius 3 is 1.55 bits per heavy atom. The summed E-state index contributed by atoms with van der Waals surface area (Å²) in [6, 6.07) is -2.61. The van der Waals surface area contributed by atoms with Crippen molar-refractivity contribution < 1.29 is 35.5 Å². The van der Waals surface area contributed by atoms with Crippen LogP contribution in [0.4, 0.5) is 30.7 Å². The SMILES string of the molecule is CCCCCCCCCCOC(F)=C(C(F)(F)F)C(F)(F)F. The predicted octanol–water partition coefficient (Wildman–Crippen LogP) is 6.45. The van der Waals surface area contributed by atoms with Gasteiger partial charge in [-0.3, -0.25) is 0 Å². The van der Waals surface area contributed by atoms with E-state index in [1.165, 1.54) is 0 Å². The Balaban J connectivity index is 4.10. The van der Waals surface area contributed by atoms with Gasteiger partial charge in [0.05, 0.1) is 6.61 Å². The van der Waals surface area contributed by atoms with E-state index >= 15 is 0 Å². The van der Waals surface area contributed by atoms with Crippen molar-refractivity contribution in [1.82, 2.24) is 0 Å². The molecule has 0 unspecified atom stereocenters. The van der Waals surface area contributed by atoms with Crippen molar-refractivity contribution in [2.24, 2.45) is 0 Å². The second-order valence-corrected chi connectivity index (χ2v) is 4.97. The highest BCUT2D eigenvalue weighted by Gasteiger charge is 2.55. The summed E-state index contributed by atoms with van der Waals surface area (Å²) in [7, 11) is 0. The second-order valence-electron chi connectivity index (χ2n) is 4.97. The highest BCUT2D eigenvalue weighted by atomic mass is 19.4. The fraction of sp³-hybridized carbons (Fsp3) is 0.857. The van der Waals surface area contributed by atoms with Gasteiger partial charge in [-0.25, -0.2) is 0 Å². The van der Waals surface area contributed by atoms with Gasteiger partial charge >= 0.3 is 12.4 Å². The first-order chi connectivity index (χ1) is 10.1. The van der Waals surface area contributed by atoms with E-state index in [9.17, 15) is 30.7 Å². The molecule has 0 aliphatic carbocycles. The third kappa shape index (κ3) is 9.15. The Morgan fingerprint density at radius 1 is 0.727 bits per heavy atom. The molecule has 0 atom stereocenters. The molecule has 0 heterocycles. The molecule has 8 heteroatoms. The van der Waals surface area contributed by atoms with Gasteiger partial charge < -0.3 is 4.74 Å². The summed E-state index contributed by atoms with van der Waals surface area (Å²) in [5, 5.41) is 0. The molecule has 0 radical (unpaired) electrons. The topological polar surface area (TPSA) is 9.23 Å². The van der Waals surface area contributed by atoms with Crippen molar-refractivity contribution in [2.75, 3.05) is 6.61 Å². The Labute approximate surface area is 125 Å². The van der Waals surface area contributed by atoms with Crippen molar-refractivity contribution in [3.63, 3.8) is 0 Å². The molecule has 0 aromatic rings. The first-order valence-electron chi connectivity index (χ1n) is 7.27. The quantitative estimate of drug-likeness (QED) is 0.253. The maximum absolute atomic E-state index is 13.0. The van der Waals surface area contributed by atoms with Crippen LogP contribution in [0.1, 0.15) is 58.3 Å². The minimum absolute atomic E-state index is 0.212. The zero-order valence-corrected chi connectivity index (χ0v) is 12.4. The molecule has 0 aromatic heterocycles. The van der Waals surface area contributed by atoms with Crippen LogP contribution in [0.5, 0.6) is 0 Å². The van der Waals surface area contributed by atoms with Gasteiger partial charge in [0.1, 0.15) is 0 Å². The first-order valence-corrected chi connectivity index (χ1v) is 7.27. The molecule has 132 valence electrons. The smallest absolute Gasteiger partial charge is 0.427 e. The Bertz CT molecular complexity index is 315. The van der Waals surface area contributed by atoms with Gasteiger partial charge in [0.2, 0.25) is 5.57 Å². The molecule has 0 fully saturated rings. The average molecular weight is 338 g/mol. The van der Waals surface area contributed by atoms with E-state index in [-0.39, 0.29) is 6.42 Å². The maximum atomic E-state index is 13.0. The second kappa shape index (κ2) is 9.94. The van der Waals surface area contributed by atoms with Crippen LogP contribution in [0.2, 0.25) is 0 Å². The molecule has 0 rings (SSSR count). The summed E-state index contributed by atoms with van der Waals surface area (Å²) >= 11 is 0. The fourth-order valence-corrected chi connectivity index (χ4v) is 1.85. The standard InChI is InChI=1S/C14H21F7O/c1-2-3-4-5-6-7-8-9-10-22-12(15)11(13(16,17)18)14(19,20)21/h2-10H2,1H3. The Kier molecular flexibility index (Phi) is 9.51. The van der Waals surface area contributed by atoms with Crippen LogP contribution >= 0.6 is 0 Å². The molecule has 0 aromatic carbocycles. The van der Waals surface area contributed by atoms with E-state index in [0.717, 1.165) is 38.5 Å². The summed E-state index contributed by atoms with van der Waals surface area (Å²) in [4.78, 5) is 0. The van der Waals surface area contributed by atoms with Crippen LogP contribution in [0.3, 0.4) is 0 Å². The minimum Gasteiger partial charge on any atom is -0.470 e. The fourth-order valence-electron chi connectivity index (χ4n) is 1.85. The lowest BCUT2D eigenvalue weighted by molar-refractivity contribution is -0.179. The lowest BCUT2D eigenvalue weighted by Gasteiger charge is -2.16. The summed E-state index contributed by atoms with van der Waals surface area (Å²) in [6.45, 7) is 1.58. The van der Waals surface area contributed by atoms with Crippen LogP contribution in [-0.2, 0) is 4.74 Å². The van der Waals surface area contributed by atoms with E-state index in [0.29, 0.717) is 6.42 Å². The van der Waals surface area contributed by atoms with E-state index in [1.807, 2.05) is 0 Å². The Morgan fingerprint density at radius 2 is 1.14 bits per heavy atom. The number of unbranched alkanes of at least 4 members (excludes halogenated alkanes) is 7. The van der Waals surface area contributed by atoms with Crippen molar-refractivity contribution >= 4 is 0 Å². The number of alkyl halides is 6. The normalized spacial score (nSPS) is 12.4. The van der Waals surface area contributed by atoms with Crippen LogP contribution in [0.15, 0.2) is 11.6 Å². The average Bonchev–Trinajstić information content (AvgIpc) is 2.33. The first kappa shape index (κ1) is 21.0. The van der Waals surface area contributed by atoms with Gasteiger partial charge in [-0.1, -0.05) is 51.9 Å². The number of halogens is 7. The van der Waals surface area contributed by atoms with Gasteiger partial charge in [-0.05, 0) is 6.42 Å². The summed E-state index contributed by atoms with van der Waals surface area (Å²) in [6.07, 6.45) is -4.75. The van der Waals surface area contributed by atoms with Crippen molar-refractivity contribution in [3.8, 4) is 0 Å². The van der Waals surface area contributed by atoms with E-state index < -0.39 is 30.5 Å². The number of allylic oxidation sites excluding steroid dienone is 1. The molecular weight excluding hydrogens is 317 g/mol. The van der Waals surface area contributed by atoms with Crippen molar-refractivity contribution in [2.45, 2.75) is 70.6 Å². The lowest BCUT2D eigenvalue weighted by atomic mass is 10.1. The zero-order chi connectivity index (χ0) is 17.2. The van der Waals surface area contributed by atoms with Crippen molar-refractivity contribution in [3.05, 3.63) is 11.6 Å². The third-order valence-corrected chi connectivity index (χ3v) is 2.99. The van der Waals surface area contributed by atoms with Crippen LogP contribution in [0, 0.1) is 0 Å². The molecule has 0 bridgehead atoms. The minimum atomic E-state index is -5.83. The van der Waals surface area contributed by atoms with Crippen LogP contribution < -0.4 is 0 Å². The van der Waals surface area contributed by atoms with Gasteiger partial charge in [0, 0.05) is 0 Å². The summed E-state index contributed by atoms with van der Waals surface area (Å²) < 4.78 is 89.8. The zero-order valence-electron chi connectivity index (χ0n) is 12.4. The summed E-state index contributed by atoms with van der Waals surface area (Å²) in [5.41, 5.74) is -3.22. The van der Waals surface area contributed by atoms with Gasteiger partial charge in [-0.2, -0.15) is 30.7 Å². The highest BCUT2D eigenvalue weighted by Crippen LogP contribution is 2.41. The van der Waals surface area contributed by atoms with Gasteiger partial charge in [0.15, 0.2) is 0 Å². The lowest BCUT2D eigenvalue weighted by Crippen LogP contribution is -2.28. The van der Waals surface area contributed by atoms with E-state index in [1.54, 1.807) is 0 Å². The Hall–Kier alpha value is -0.950. The molecule has 22 heavy (non-hydrogen) atoms. The largest absolute Gasteiger partial charge is 0.470 e. The van der Waals surface area contributed by atoms with E-state index in [2.05, 4.69) is 11.7 Å². The maximum Gasteiger partial charge on any atom is 0.427 e. The molecule has 0 saturated heterocycles. The third-order valence-electron chi connectivity index (χ3n) is 2.99. The van der Waals surface area contributed by atoms with E-state index in [4.69, 9.17) is 0 Å². The monoisotopic (exact) mass is 338 g/mol. The number of hydrogen-bond acceptors (Lipinski definition) is 1. The van der Waals surface area contributed by atoms with Gasteiger partial charge in [0.25, 0.3) is 6.01 Å². The number of hydrogen-bond donors (Lipinski definition) is 0. The van der Waals surface area contributed by atoms with Crippen LogP contribution in [0.25, 0.3) is 0 Å². The molecule has 0 spiro atoms. The predicted molar refractivity (Wildman–Crippen MR) is 68.8 cm³/mol. The molecule has 1 nitrogen and oxygen atoms in total. The molecule has 0 N–H and O–H groups in total. The summed E-state index contributed by atoms with van der Waals surface area (Å²) in [5.74, 6) is 0. The molecule has 0 aliphatic rings. The number of rotatable bonds is 10. The molecule has 0 saturated carbocycles. The number of ether oxygens (including phenoxy) is 1. The van der Waals surface area contributed by atoms with Crippen molar-refractivity contribution in [1.29, 1.82) is 0 Å². The molecule has 0 aliphatic heterocycles. The molecule has 0 amide bonds. The van der Waals surface area contributed by atoms with Gasteiger partial charge in [-0.15, -0.1) is 0 Å². The molecular formula is C14H21F7O.